The number of para-hydroxylation sites is 1. The molecule has 12 aromatic carbocycles. The topological polar surface area (TPSA) is 56.1 Å². The second kappa shape index (κ2) is 18.0. The summed E-state index contributed by atoms with van der Waals surface area (Å²) in [5.74, 6) is 4.38. The molecule has 6 heteroatoms. The Kier molecular flexibility index (Phi) is 10.6. The molecule has 82 heavy (non-hydrogen) atoms. The Balaban J connectivity index is 0.890. The van der Waals surface area contributed by atoms with E-state index in [1.165, 1.54) is 0 Å². The lowest BCUT2D eigenvalue weighted by molar-refractivity contribution is 0.578. The van der Waals surface area contributed by atoms with Gasteiger partial charge in [0.2, 0.25) is 9.84 Å². The number of benzene rings is 12. The Labute approximate surface area is 477 Å². The van der Waals surface area contributed by atoms with E-state index in [2.05, 4.69) is 247 Å². The van der Waals surface area contributed by atoms with Gasteiger partial charge in [-0.3, -0.25) is 4.21 Å². The lowest BCUT2D eigenvalue weighted by Crippen LogP contribution is -2.37. The molecule has 2 aliphatic heterocycles. The van der Waals surface area contributed by atoms with Crippen LogP contribution in [-0.4, -0.2) is 23.1 Å². The first-order chi connectivity index (χ1) is 40.2. The van der Waals surface area contributed by atoms with Crippen molar-refractivity contribution < 1.29 is 12.6 Å². The molecule has 3 heterocycles. The molecule has 0 radical (unpaired) electrons. The summed E-state index contributed by atoms with van der Waals surface area (Å²) in [5.41, 5.74) is 16.3. The van der Waals surface area contributed by atoms with E-state index in [1.807, 2.05) is 48.5 Å². The number of hydrogen-bond donors (Lipinski definition) is 0. The Morgan fingerprint density at radius 3 is 1.50 bits per heavy atom. The van der Waals surface area contributed by atoms with Crippen LogP contribution in [0, 0.1) is 0 Å². The van der Waals surface area contributed by atoms with Crippen LogP contribution in [0.4, 0.5) is 0 Å². The van der Waals surface area contributed by atoms with Crippen LogP contribution in [0.5, 0.6) is 0 Å². The molecule has 0 saturated carbocycles. The summed E-state index contributed by atoms with van der Waals surface area (Å²) in [6.45, 7) is 0. The van der Waals surface area contributed by atoms with Crippen LogP contribution in [0.15, 0.2) is 311 Å². The molecule has 0 fully saturated rings. The molecule has 0 bridgehead atoms. The highest BCUT2D eigenvalue weighted by molar-refractivity contribution is 8.00. The summed E-state index contributed by atoms with van der Waals surface area (Å²) in [4.78, 5) is 2.16. The smallest absolute Gasteiger partial charge is 0.207 e. The normalized spacial score (nSPS) is 17.4. The summed E-state index contributed by atoms with van der Waals surface area (Å²) in [6, 6.07) is 101. The average Bonchev–Trinajstić information content (AvgIpc) is 1.43. The minimum Gasteiger partial charge on any atom is -0.309 e. The monoisotopic (exact) mass is 1090 g/mol. The molecule has 4 nitrogen and oxygen atoms in total. The second-order valence-corrected chi connectivity index (χ2v) is 26.1. The van der Waals surface area contributed by atoms with Gasteiger partial charge in [0.05, 0.1) is 31.7 Å². The van der Waals surface area contributed by atoms with E-state index in [-0.39, 0.29) is 5.92 Å². The average molecular weight is 1090 g/mol. The molecule has 16 rings (SSSR count). The number of hydrogen-bond acceptors (Lipinski definition) is 3. The van der Waals surface area contributed by atoms with Crippen molar-refractivity contribution in [1.29, 1.82) is 0 Å². The van der Waals surface area contributed by atoms with Crippen molar-refractivity contribution in [2.45, 2.75) is 36.3 Å². The van der Waals surface area contributed by atoms with Gasteiger partial charge < -0.3 is 4.57 Å². The fourth-order valence-corrected chi connectivity index (χ4v) is 18.4. The molecule has 0 amide bonds. The highest BCUT2D eigenvalue weighted by Crippen LogP contribution is 2.59. The van der Waals surface area contributed by atoms with E-state index >= 15 is 12.6 Å². The largest absolute Gasteiger partial charge is 0.309 e. The third-order valence-corrected chi connectivity index (χ3v) is 21.9. The maximum absolute atomic E-state index is 15.7. The lowest BCUT2D eigenvalue weighted by Gasteiger charge is -2.43. The standard InChI is InChI=1S/C76H51NO3S2/c1-81(78)70-42-20-17-39-64(70)75(53-27-6-2-7-28-53,54-29-8-3-9-30-54)67-49-69-62(48-72(67)81)59-37-16-19-41-68(59)77(69)57-35-23-25-51(45-57)50-24-22-26-52(44-50)74-60-38-15-14-36-58(60)61-47-73-66(46-63(61)74)76(55-31-10-4-11-32-55,56-33-12-5-13-34-56)65-40-18-21-43-71(65)82(73,79)80/h2-49,74H,1H2. The predicted octanol–water partition coefficient (Wildman–Crippen LogP) is 17.0. The van der Waals surface area contributed by atoms with Crippen molar-refractivity contribution in [2.75, 3.05) is 0 Å². The minimum absolute atomic E-state index is 0.199. The van der Waals surface area contributed by atoms with Crippen LogP contribution in [0.2, 0.25) is 0 Å². The summed E-state index contributed by atoms with van der Waals surface area (Å²) < 4.78 is 48.5. The molecule has 0 N–H and O–H groups in total. The number of aromatic nitrogens is 1. The molecule has 2 unspecified atom stereocenters. The van der Waals surface area contributed by atoms with E-state index in [9.17, 15) is 0 Å². The highest BCUT2D eigenvalue weighted by Gasteiger charge is 2.51. The van der Waals surface area contributed by atoms with Gasteiger partial charge in [0.15, 0.2) is 0 Å². The van der Waals surface area contributed by atoms with Crippen molar-refractivity contribution in [3.63, 3.8) is 0 Å². The van der Waals surface area contributed by atoms with Gasteiger partial charge in [0.25, 0.3) is 0 Å². The molecule has 0 spiro atoms. The van der Waals surface area contributed by atoms with E-state index in [0.29, 0.717) is 9.79 Å². The predicted molar refractivity (Wildman–Crippen MR) is 333 cm³/mol. The van der Waals surface area contributed by atoms with Gasteiger partial charge in [-0.05, 0) is 138 Å². The first kappa shape index (κ1) is 48.3. The molecule has 2 atom stereocenters. The Hall–Kier alpha value is -9.59. The number of nitrogens with zero attached hydrogens (tertiary/aromatic N) is 1. The van der Waals surface area contributed by atoms with Crippen molar-refractivity contribution in [3.05, 3.63) is 352 Å². The van der Waals surface area contributed by atoms with Crippen LogP contribution in [-0.2, 0) is 30.2 Å². The van der Waals surface area contributed by atoms with Gasteiger partial charge >= 0.3 is 0 Å². The van der Waals surface area contributed by atoms with E-state index in [1.54, 1.807) is 6.07 Å². The van der Waals surface area contributed by atoms with Crippen LogP contribution in [0.25, 0.3) is 49.7 Å². The summed E-state index contributed by atoms with van der Waals surface area (Å²) in [6.07, 6.45) is 0. The molecule has 390 valence electrons. The van der Waals surface area contributed by atoms with Gasteiger partial charge in [-0.2, -0.15) is 0 Å². The van der Waals surface area contributed by atoms with Crippen molar-refractivity contribution in [3.8, 4) is 27.9 Å². The molecule has 0 saturated heterocycles. The van der Waals surface area contributed by atoms with Gasteiger partial charge in [-0.1, -0.05) is 243 Å². The van der Waals surface area contributed by atoms with Crippen LogP contribution < -0.4 is 0 Å². The van der Waals surface area contributed by atoms with Crippen molar-refractivity contribution >= 4 is 47.0 Å². The minimum atomic E-state index is -3.96. The number of fused-ring (bicyclic) bond motifs is 10. The lowest BCUT2D eigenvalue weighted by atomic mass is 9.64. The highest BCUT2D eigenvalue weighted by atomic mass is 32.2. The molecule has 3 aliphatic rings. The molecule has 1 aromatic heterocycles. The fraction of sp³-hybridized carbons (Fsp3) is 0.0395. The first-order valence-corrected chi connectivity index (χ1v) is 31.0. The summed E-state index contributed by atoms with van der Waals surface area (Å²) >= 11 is 0. The quantitative estimate of drug-likeness (QED) is 0.149. The van der Waals surface area contributed by atoms with Gasteiger partial charge in [-0.15, -0.1) is 0 Å². The van der Waals surface area contributed by atoms with Crippen LogP contribution in [0.1, 0.15) is 67.1 Å². The Morgan fingerprint density at radius 2 is 0.854 bits per heavy atom. The molecule has 13 aromatic rings. The first-order valence-electron chi connectivity index (χ1n) is 27.8. The van der Waals surface area contributed by atoms with Crippen LogP contribution >= 0.6 is 0 Å². The van der Waals surface area contributed by atoms with Crippen LogP contribution in [0.3, 0.4) is 0 Å². The third kappa shape index (κ3) is 6.62. The molecule has 1 aliphatic carbocycles. The fourth-order valence-electron chi connectivity index (χ4n) is 14.6. The van der Waals surface area contributed by atoms with E-state index in [0.717, 1.165) is 121 Å². The van der Waals surface area contributed by atoms with Crippen molar-refractivity contribution in [2.24, 2.45) is 0 Å². The van der Waals surface area contributed by atoms with Crippen molar-refractivity contribution in [1.82, 2.24) is 4.57 Å². The molecular formula is C76H51NO3S2. The maximum atomic E-state index is 15.7. The summed E-state index contributed by atoms with van der Waals surface area (Å²) in [5, 5.41) is 2.07. The summed E-state index contributed by atoms with van der Waals surface area (Å²) in [7, 11) is -6.94. The maximum Gasteiger partial charge on any atom is 0.207 e. The van der Waals surface area contributed by atoms with E-state index < -0.39 is 30.2 Å². The van der Waals surface area contributed by atoms with Gasteiger partial charge in [-0.25, -0.2) is 8.42 Å². The Morgan fingerprint density at radius 1 is 0.341 bits per heavy atom. The third-order valence-electron chi connectivity index (χ3n) is 18.0. The SMILES string of the molecule is C=S1(=O)c2ccccc2C(c2ccccc2)(c2ccccc2)c2cc3c(cc21)c1ccccc1n3-c1cccc(-c2cccc(C3c4ccccc4-c4cc5c(cc43)C(c3ccccc3)(c3ccccc3)c3ccccc3S5(=O)=O)c2)c1. The zero-order chi connectivity index (χ0) is 55.0. The Bertz CT molecular complexity index is 4930. The molecular weight excluding hydrogens is 1040 g/mol. The number of rotatable bonds is 7. The van der Waals surface area contributed by atoms with Gasteiger partial charge in [0.1, 0.15) is 0 Å². The zero-order valence-electron chi connectivity index (χ0n) is 44.5. The number of sulfone groups is 1. The van der Waals surface area contributed by atoms with Gasteiger partial charge in [0, 0.05) is 41.7 Å². The van der Waals surface area contributed by atoms with E-state index in [4.69, 9.17) is 0 Å². The zero-order valence-corrected chi connectivity index (χ0v) is 46.1. The second-order valence-electron chi connectivity index (χ2n) is 22.0.